The standard InChI is InChI=1S/C27H23Cl2FN2O3/c1-16-13-23(33)18(15-31-9-11-32(12-10-31)22-8-3-2-7-21(22)30)27-25(16)26(34)24(35-27)14-17-19(28)5-4-6-20(17)29/h2-8,13-14,33H,9-12,15H2,1H3/b24-14-. The van der Waals surface area contributed by atoms with Gasteiger partial charge in [0.05, 0.1) is 16.8 Å². The number of halogens is 3. The van der Waals surface area contributed by atoms with Gasteiger partial charge in [-0.15, -0.1) is 0 Å². The van der Waals surface area contributed by atoms with Gasteiger partial charge in [0.1, 0.15) is 17.3 Å². The molecule has 0 amide bonds. The minimum absolute atomic E-state index is 0.0719. The molecule has 0 radical (unpaired) electrons. The third kappa shape index (κ3) is 4.49. The molecule has 1 fully saturated rings. The van der Waals surface area contributed by atoms with E-state index in [1.165, 1.54) is 6.07 Å². The molecule has 5 nitrogen and oxygen atoms in total. The Labute approximate surface area is 212 Å². The summed E-state index contributed by atoms with van der Waals surface area (Å²) in [5, 5.41) is 11.6. The van der Waals surface area contributed by atoms with Gasteiger partial charge in [0.25, 0.3) is 0 Å². The van der Waals surface area contributed by atoms with Crippen LogP contribution in [0.1, 0.15) is 27.0 Å². The summed E-state index contributed by atoms with van der Waals surface area (Å²) in [5.41, 5.74) is 2.70. The topological polar surface area (TPSA) is 53.0 Å². The molecule has 5 rings (SSSR count). The third-order valence-electron chi connectivity index (χ3n) is 6.44. The summed E-state index contributed by atoms with van der Waals surface area (Å²) in [7, 11) is 0. The lowest BCUT2D eigenvalue weighted by Gasteiger charge is -2.36. The summed E-state index contributed by atoms with van der Waals surface area (Å²) in [5.74, 6) is 0.0225. The highest BCUT2D eigenvalue weighted by molar-refractivity contribution is 6.37. The second kappa shape index (κ2) is 9.53. The number of allylic oxidation sites excluding steroid dienone is 1. The third-order valence-corrected chi connectivity index (χ3v) is 7.10. The number of rotatable bonds is 4. The van der Waals surface area contributed by atoms with Crippen molar-refractivity contribution in [1.82, 2.24) is 4.90 Å². The van der Waals surface area contributed by atoms with E-state index in [0.29, 0.717) is 76.5 Å². The Morgan fingerprint density at radius 1 is 1.06 bits per heavy atom. The summed E-state index contributed by atoms with van der Waals surface area (Å²) in [4.78, 5) is 17.4. The predicted octanol–water partition coefficient (Wildman–Crippen LogP) is 6.08. The monoisotopic (exact) mass is 512 g/mol. The highest BCUT2D eigenvalue weighted by Crippen LogP contribution is 2.43. The van der Waals surface area contributed by atoms with Crippen molar-refractivity contribution in [2.24, 2.45) is 0 Å². The first-order valence-electron chi connectivity index (χ1n) is 11.3. The van der Waals surface area contributed by atoms with Gasteiger partial charge >= 0.3 is 0 Å². The molecule has 0 unspecified atom stereocenters. The molecule has 2 heterocycles. The van der Waals surface area contributed by atoms with Crippen molar-refractivity contribution in [3.63, 3.8) is 0 Å². The minimum atomic E-state index is -0.279. The molecule has 1 N–H and O–H groups in total. The zero-order chi connectivity index (χ0) is 24.7. The predicted molar refractivity (Wildman–Crippen MR) is 136 cm³/mol. The number of ether oxygens (including phenoxy) is 1. The summed E-state index contributed by atoms with van der Waals surface area (Å²) < 4.78 is 20.2. The van der Waals surface area contributed by atoms with E-state index >= 15 is 0 Å². The van der Waals surface area contributed by atoms with E-state index in [1.807, 2.05) is 11.0 Å². The Morgan fingerprint density at radius 2 is 1.74 bits per heavy atom. The number of nitrogens with zero attached hydrogens (tertiary/aromatic N) is 2. The summed E-state index contributed by atoms with van der Waals surface area (Å²) in [6.07, 6.45) is 1.54. The Bertz CT molecular complexity index is 1330. The fourth-order valence-electron chi connectivity index (χ4n) is 4.59. The Morgan fingerprint density at radius 3 is 2.43 bits per heavy atom. The molecule has 0 spiro atoms. The Hall–Kier alpha value is -3.06. The zero-order valence-corrected chi connectivity index (χ0v) is 20.5. The summed E-state index contributed by atoms with van der Waals surface area (Å²) in [6.45, 7) is 4.79. The number of Topliss-reactive ketones (excluding diaryl/α,β-unsaturated/α-hetero) is 1. The SMILES string of the molecule is Cc1cc(O)c(CN2CCN(c3ccccc3F)CC2)c2c1C(=O)/C(=C/c1c(Cl)cccc1Cl)O2. The molecule has 180 valence electrons. The molecule has 0 aliphatic carbocycles. The van der Waals surface area contributed by atoms with E-state index in [2.05, 4.69) is 4.90 Å². The number of carbonyl (C=O) groups is 1. The van der Waals surface area contributed by atoms with Gasteiger partial charge in [0.15, 0.2) is 5.76 Å². The molecule has 0 bridgehead atoms. The number of aryl methyl sites for hydroxylation is 1. The highest BCUT2D eigenvalue weighted by atomic mass is 35.5. The van der Waals surface area contributed by atoms with E-state index < -0.39 is 0 Å². The van der Waals surface area contributed by atoms with Gasteiger partial charge in [0.2, 0.25) is 5.78 Å². The van der Waals surface area contributed by atoms with Crippen LogP contribution >= 0.6 is 23.2 Å². The van der Waals surface area contributed by atoms with Gasteiger partial charge in [0, 0.05) is 48.3 Å². The first-order valence-corrected chi connectivity index (χ1v) is 12.0. The average Bonchev–Trinajstić information content (AvgIpc) is 3.16. The van der Waals surface area contributed by atoms with Crippen molar-refractivity contribution in [2.75, 3.05) is 31.1 Å². The lowest BCUT2D eigenvalue weighted by atomic mass is 9.99. The summed E-state index contributed by atoms with van der Waals surface area (Å²) >= 11 is 12.6. The highest BCUT2D eigenvalue weighted by Gasteiger charge is 2.34. The van der Waals surface area contributed by atoms with Gasteiger partial charge in [-0.05, 0) is 48.9 Å². The molecule has 35 heavy (non-hydrogen) atoms. The van der Waals surface area contributed by atoms with Crippen molar-refractivity contribution in [2.45, 2.75) is 13.5 Å². The van der Waals surface area contributed by atoms with Crippen LogP contribution in [0, 0.1) is 12.7 Å². The van der Waals surface area contributed by atoms with Gasteiger partial charge < -0.3 is 14.7 Å². The van der Waals surface area contributed by atoms with Crippen molar-refractivity contribution in [3.8, 4) is 11.5 Å². The zero-order valence-electron chi connectivity index (χ0n) is 19.0. The fourth-order valence-corrected chi connectivity index (χ4v) is 5.10. The Balaban J connectivity index is 1.39. The number of fused-ring (bicyclic) bond motifs is 1. The average molecular weight is 513 g/mol. The number of para-hydroxylation sites is 1. The number of benzene rings is 3. The molecule has 2 aliphatic rings. The van der Waals surface area contributed by atoms with Crippen LogP contribution in [0.5, 0.6) is 11.5 Å². The largest absolute Gasteiger partial charge is 0.507 e. The van der Waals surface area contributed by atoms with E-state index in [-0.39, 0.29) is 23.1 Å². The molecular formula is C27H23Cl2FN2O3. The molecule has 0 saturated carbocycles. The van der Waals surface area contributed by atoms with Gasteiger partial charge in [-0.25, -0.2) is 4.39 Å². The van der Waals surface area contributed by atoms with E-state index in [0.717, 1.165) is 0 Å². The lowest BCUT2D eigenvalue weighted by Crippen LogP contribution is -2.46. The van der Waals surface area contributed by atoms with E-state index in [9.17, 15) is 14.3 Å². The number of hydrogen-bond acceptors (Lipinski definition) is 5. The van der Waals surface area contributed by atoms with Crippen molar-refractivity contribution >= 4 is 40.7 Å². The van der Waals surface area contributed by atoms with Crippen LogP contribution in [-0.2, 0) is 6.54 Å². The molecule has 0 atom stereocenters. The van der Waals surface area contributed by atoms with E-state index in [1.54, 1.807) is 49.4 Å². The van der Waals surface area contributed by atoms with Crippen molar-refractivity contribution in [1.29, 1.82) is 0 Å². The molecule has 3 aromatic carbocycles. The molecular weight excluding hydrogens is 490 g/mol. The van der Waals surface area contributed by atoms with Crippen LogP contribution in [0.4, 0.5) is 10.1 Å². The van der Waals surface area contributed by atoms with Crippen LogP contribution in [0.2, 0.25) is 10.0 Å². The van der Waals surface area contributed by atoms with Crippen LogP contribution < -0.4 is 9.64 Å². The van der Waals surface area contributed by atoms with E-state index in [4.69, 9.17) is 27.9 Å². The van der Waals surface area contributed by atoms with Gasteiger partial charge in [-0.2, -0.15) is 0 Å². The number of anilines is 1. The lowest BCUT2D eigenvalue weighted by molar-refractivity contribution is 0.101. The molecule has 0 aromatic heterocycles. The van der Waals surface area contributed by atoms with Gasteiger partial charge in [-0.1, -0.05) is 41.4 Å². The quantitative estimate of drug-likeness (QED) is 0.429. The van der Waals surface area contributed by atoms with Crippen molar-refractivity contribution in [3.05, 3.63) is 92.4 Å². The minimum Gasteiger partial charge on any atom is -0.507 e. The first-order chi connectivity index (χ1) is 16.8. The smallest absolute Gasteiger partial charge is 0.232 e. The summed E-state index contributed by atoms with van der Waals surface area (Å²) in [6, 6.07) is 13.5. The number of carbonyl (C=O) groups excluding carboxylic acids is 1. The normalized spacial score (nSPS) is 17.1. The maximum atomic E-state index is 14.2. The van der Waals surface area contributed by atoms with Crippen LogP contribution in [0.25, 0.3) is 6.08 Å². The molecule has 2 aliphatic heterocycles. The van der Waals surface area contributed by atoms with Crippen LogP contribution in [0.3, 0.4) is 0 Å². The number of ketones is 1. The second-order valence-corrected chi connectivity index (χ2v) is 9.50. The molecule has 8 heteroatoms. The maximum Gasteiger partial charge on any atom is 0.232 e. The molecule has 1 saturated heterocycles. The Kier molecular flexibility index (Phi) is 6.45. The van der Waals surface area contributed by atoms with Crippen molar-refractivity contribution < 1.29 is 19.0 Å². The first kappa shape index (κ1) is 23.7. The number of phenols is 1. The van der Waals surface area contributed by atoms with Gasteiger partial charge in [-0.3, -0.25) is 9.69 Å². The number of hydrogen-bond donors (Lipinski definition) is 1. The number of aromatic hydroxyl groups is 1. The number of piperazine rings is 1. The second-order valence-electron chi connectivity index (χ2n) is 8.68. The maximum absolute atomic E-state index is 14.2. The van der Waals surface area contributed by atoms with Crippen LogP contribution in [0.15, 0.2) is 54.3 Å². The molecule has 3 aromatic rings. The fraction of sp³-hybridized carbons (Fsp3) is 0.222. The number of phenolic OH excluding ortho intramolecular Hbond substituents is 1. The van der Waals surface area contributed by atoms with Crippen LogP contribution in [-0.4, -0.2) is 42.0 Å².